The highest BCUT2D eigenvalue weighted by Crippen LogP contribution is 2.27. The van der Waals surface area contributed by atoms with Crippen LogP contribution in [0.1, 0.15) is 10.4 Å². The van der Waals surface area contributed by atoms with Gasteiger partial charge in [-0.1, -0.05) is 48.5 Å². The van der Waals surface area contributed by atoms with Gasteiger partial charge in [0.05, 0.1) is 6.54 Å². The average molecular weight is 350 g/mol. The van der Waals surface area contributed by atoms with E-state index >= 15 is 0 Å². The molecule has 0 unspecified atom stereocenters. The van der Waals surface area contributed by atoms with Crippen LogP contribution in [-0.2, 0) is 11.3 Å². The third-order valence-electron chi connectivity index (χ3n) is 4.08. The topological polar surface area (TPSA) is 32.3 Å². The van der Waals surface area contributed by atoms with Gasteiger partial charge in [0.1, 0.15) is 0 Å². The number of amides is 1. The number of anilines is 1. The fraction of sp³-hybridized carbons (Fsp3) is 0.190. The standard InChI is InChI=1S/C21H22N2OS/c1-16-12-13-25-20(16)14-23(2)15-21(24)22-19-11-7-6-10-18(19)17-8-4-3-5-9-17/h3-13H,14-15H2,1-2H3,(H,22,24). The zero-order valence-corrected chi connectivity index (χ0v) is 15.3. The first-order chi connectivity index (χ1) is 12.1. The lowest BCUT2D eigenvalue weighted by Crippen LogP contribution is -2.29. The molecular weight excluding hydrogens is 328 g/mol. The number of aryl methyl sites for hydroxylation is 1. The van der Waals surface area contributed by atoms with E-state index in [9.17, 15) is 4.79 Å². The van der Waals surface area contributed by atoms with Crippen molar-refractivity contribution in [2.75, 3.05) is 18.9 Å². The zero-order chi connectivity index (χ0) is 17.6. The Bertz CT molecular complexity index is 842. The predicted molar refractivity (Wildman–Crippen MR) is 106 cm³/mol. The van der Waals surface area contributed by atoms with Crippen molar-refractivity contribution in [2.24, 2.45) is 0 Å². The molecular formula is C21H22N2OS. The summed E-state index contributed by atoms with van der Waals surface area (Å²) in [5.74, 6) is 0.0000836. The van der Waals surface area contributed by atoms with E-state index in [-0.39, 0.29) is 5.91 Å². The molecule has 0 radical (unpaired) electrons. The summed E-state index contributed by atoms with van der Waals surface area (Å²) in [4.78, 5) is 15.8. The van der Waals surface area contributed by atoms with Crippen molar-refractivity contribution in [3.63, 3.8) is 0 Å². The summed E-state index contributed by atoms with van der Waals surface area (Å²) < 4.78 is 0. The van der Waals surface area contributed by atoms with Crippen LogP contribution in [0.2, 0.25) is 0 Å². The van der Waals surface area contributed by atoms with Gasteiger partial charge >= 0.3 is 0 Å². The highest BCUT2D eigenvalue weighted by atomic mass is 32.1. The Labute approximate surface area is 152 Å². The Morgan fingerprint density at radius 2 is 1.76 bits per heavy atom. The minimum Gasteiger partial charge on any atom is -0.324 e. The molecule has 128 valence electrons. The molecule has 3 aromatic rings. The molecule has 2 aromatic carbocycles. The molecule has 0 bridgehead atoms. The summed E-state index contributed by atoms with van der Waals surface area (Å²) >= 11 is 1.74. The normalized spacial score (nSPS) is 10.8. The Morgan fingerprint density at radius 3 is 2.48 bits per heavy atom. The van der Waals surface area contributed by atoms with E-state index in [2.05, 4.69) is 35.8 Å². The van der Waals surface area contributed by atoms with Crippen LogP contribution in [0, 0.1) is 6.92 Å². The van der Waals surface area contributed by atoms with Gasteiger partial charge < -0.3 is 5.32 Å². The minimum atomic E-state index is 0.0000836. The summed E-state index contributed by atoms with van der Waals surface area (Å²) in [7, 11) is 1.97. The molecule has 3 rings (SSSR count). The van der Waals surface area contributed by atoms with Gasteiger partial charge in [-0.25, -0.2) is 0 Å². The van der Waals surface area contributed by atoms with E-state index < -0.39 is 0 Å². The monoisotopic (exact) mass is 350 g/mol. The zero-order valence-electron chi connectivity index (χ0n) is 14.5. The fourth-order valence-electron chi connectivity index (χ4n) is 2.76. The Kier molecular flexibility index (Phi) is 5.64. The smallest absolute Gasteiger partial charge is 0.238 e. The molecule has 4 heteroatoms. The molecule has 1 heterocycles. The molecule has 0 aliphatic rings. The Balaban J connectivity index is 1.66. The largest absolute Gasteiger partial charge is 0.324 e. The highest BCUT2D eigenvalue weighted by molar-refractivity contribution is 7.10. The van der Waals surface area contributed by atoms with Gasteiger partial charge in [0.2, 0.25) is 5.91 Å². The maximum atomic E-state index is 12.5. The van der Waals surface area contributed by atoms with E-state index in [0.717, 1.165) is 23.4 Å². The van der Waals surface area contributed by atoms with Crippen molar-refractivity contribution in [1.29, 1.82) is 0 Å². The molecule has 3 nitrogen and oxygen atoms in total. The number of likely N-dealkylation sites (N-methyl/N-ethyl adjacent to an activating group) is 1. The lowest BCUT2D eigenvalue weighted by molar-refractivity contribution is -0.117. The Morgan fingerprint density at radius 1 is 1.04 bits per heavy atom. The van der Waals surface area contributed by atoms with Crippen LogP contribution in [0.4, 0.5) is 5.69 Å². The SMILES string of the molecule is Cc1ccsc1CN(C)CC(=O)Nc1ccccc1-c1ccccc1. The van der Waals surface area contributed by atoms with Crippen molar-refractivity contribution < 1.29 is 4.79 Å². The fourth-order valence-corrected chi connectivity index (χ4v) is 3.75. The number of carbonyl (C=O) groups excluding carboxylic acids is 1. The third-order valence-corrected chi connectivity index (χ3v) is 5.09. The molecule has 0 spiro atoms. The third kappa shape index (κ3) is 4.56. The summed E-state index contributed by atoms with van der Waals surface area (Å²) in [6, 6.07) is 20.1. The number of carbonyl (C=O) groups is 1. The maximum absolute atomic E-state index is 12.5. The average Bonchev–Trinajstić information content (AvgIpc) is 3.00. The second-order valence-corrected chi connectivity index (χ2v) is 7.16. The molecule has 0 fully saturated rings. The number of hydrogen-bond acceptors (Lipinski definition) is 3. The summed E-state index contributed by atoms with van der Waals surface area (Å²) in [6.07, 6.45) is 0. The van der Waals surface area contributed by atoms with Crippen molar-refractivity contribution in [3.8, 4) is 11.1 Å². The summed E-state index contributed by atoms with van der Waals surface area (Å²) in [5.41, 5.74) is 4.26. The number of nitrogens with one attached hydrogen (secondary N) is 1. The number of rotatable bonds is 6. The molecule has 0 saturated heterocycles. The highest BCUT2D eigenvalue weighted by Gasteiger charge is 2.12. The van der Waals surface area contributed by atoms with Crippen LogP contribution >= 0.6 is 11.3 Å². The van der Waals surface area contributed by atoms with Gasteiger partial charge in [-0.3, -0.25) is 9.69 Å². The van der Waals surface area contributed by atoms with Crippen molar-refractivity contribution >= 4 is 22.9 Å². The number of benzene rings is 2. The lowest BCUT2D eigenvalue weighted by Gasteiger charge is -2.17. The first-order valence-corrected chi connectivity index (χ1v) is 9.17. The van der Waals surface area contributed by atoms with E-state index in [1.807, 2.05) is 54.4 Å². The number of thiophene rings is 1. The van der Waals surface area contributed by atoms with E-state index in [4.69, 9.17) is 0 Å². The van der Waals surface area contributed by atoms with Crippen molar-refractivity contribution in [2.45, 2.75) is 13.5 Å². The van der Waals surface area contributed by atoms with Gasteiger partial charge in [0, 0.05) is 22.7 Å². The van der Waals surface area contributed by atoms with Gasteiger partial charge in [-0.15, -0.1) is 11.3 Å². The van der Waals surface area contributed by atoms with Crippen molar-refractivity contribution in [1.82, 2.24) is 4.90 Å². The number of hydrogen-bond donors (Lipinski definition) is 1. The molecule has 0 aliphatic carbocycles. The van der Waals surface area contributed by atoms with Crippen LogP contribution < -0.4 is 5.32 Å². The molecule has 0 aliphatic heterocycles. The van der Waals surface area contributed by atoms with Crippen LogP contribution in [0.3, 0.4) is 0 Å². The van der Waals surface area contributed by atoms with E-state index in [0.29, 0.717) is 6.54 Å². The van der Waals surface area contributed by atoms with Crippen LogP contribution in [0.15, 0.2) is 66.0 Å². The number of nitrogens with zero attached hydrogens (tertiary/aromatic N) is 1. The summed E-state index contributed by atoms with van der Waals surface area (Å²) in [6.45, 7) is 3.26. The van der Waals surface area contributed by atoms with E-state index in [1.54, 1.807) is 11.3 Å². The van der Waals surface area contributed by atoms with Gasteiger partial charge in [-0.05, 0) is 42.6 Å². The quantitative estimate of drug-likeness (QED) is 0.693. The molecule has 1 N–H and O–H groups in total. The van der Waals surface area contributed by atoms with Gasteiger partial charge in [0.15, 0.2) is 0 Å². The van der Waals surface area contributed by atoms with E-state index in [1.165, 1.54) is 10.4 Å². The van der Waals surface area contributed by atoms with Crippen LogP contribution in [0.25, 0.3) is 11.1 Å². The molecule has 0 atom stereocenters. The summed E-state index contributed by atoms with van der Waals surface area (Å²) in [5, 5.41) is 5.15. The predicted octanol–water partition coefficient (Wildman–Crippen LogP) is 4.79. The molecule has 25 heavy (non-hydrogen) atoms. The second-order valence-electron chi connectivity index (χ2n) is 6.16. The van der Waals surface area contributed by atoms with Crippen LogP contribution in [0.5, 0.6) is 0 Å². The number of para-hydroxylation sites is 1. The van der Waals surface area contributed by atoms with Crippen molar-refractivity contribution in [3.05, 3.63) is 76.5 Å². The van der Waals surface area contributed by atoms with Gasteiger partial charge in [0.25, 0.3) is 0 Å². The first kappa shape index (κ1) is 17.4. The second kappa shape index (κ2) is 8.10. The molecule has 0 saturated carbocycles. The first-order valence-electron chi connectivity index (χ1n) is 8.29. The molecule has 1 aromatic heterocycles. The van der Waals surface area contributed by atoms with Crippen LogP contribution in [-0.4, -0.2) is 24.4 Å². The minimum absolute atomic E-state index is 0.0000836. The van der Waals surface area contributed by atoms with Gasteiger partial charge in [-0.2, -0.15) is 0 Å². The Hall–Kier alpha value is -2.43. The molecule has 1 amide bonds. The lowest BCUT2D eigenvalue weighted by atomic mass is 10.0. The maximum Gasteiger partial charge on any atom is 0.238 e.